The fourth-order valence-electron chi connectivity index (χ4n) is 2.77. The van der Waals surface area contributed by atoms with Crippen LogP contribution in [0.5, 0.6) is 0 Å². The van der Waals surface area contributed by atoms with Crippen molar-refractivity contribution in [1.82, 2.24) is 5.32 Å². The maximum atomic E-state index is 13.7. The highest BCUT2D eigenvalue weighted by molar-refractivity contribution is 7.97. The lowest BCUT2D eigenvalue weighted by molar-refractivity contribution is 0.516. The molecule has 9 heteroatoms. The normalized spacial score (nSPS) is 23.4. The molecule has 2 aromatic rings. The average Bonchev–Trinajstić information content (AvgIpc) is 3.14. The summed E-state index contributed by atoms with van der Waals surface area (Å²) in [7, 11) is -7.21. The molecule has 1 aromatic heterocycles. The Balaban J connectivity index is 1.84. The molecule has 1 aliphatic rings. The third-order valence-corrected chi connectivity index (χ3v) is 9.57. The topological polar surface area (TPSA) is 80.3 Å². The molecular weight excluding hydrogens is 373 g/mol. The van der Waals surface area contributed by atoms with Gasteiger partial charge in [-0.3, -0.25) is 0 Å². The molecule has 0 saturated carbocycles. The zero-order chi connectivity index (χ0) is 17.4. The van der Waals surface area contributed by atoms with Crippen LogP contribution in [0.15, 0.2) is 46.0 Å². The van der Waals surface area contributed by atoms with Crippen LogP contribution in [0.25, 0.3) is 0 Å². The molecule has 3 rings (SSSR count). The zero-order valence-corrected chi connectivity index (χ0v) is 15.0. The van der Waals surface area contributed by atoms with E-state index in [-0.39, 0.29) is 16.5 Å². The van der Waals surface area contributed by atoms with Gasteiger partial charge in [-0.15, -0.1) is 11.3 Å². The van der Waals surface area contributed by atoms with Gasteiger partial charge in [0.15, 0.2) is 19.7 Å². The molecule has 0 aliphatic carbocycles. The molecule has 0 radical (unpaired) electrons. The summed E-state index contributed by atoms with van der Waals surface area (Å²) >= 11 is 1.07. The molecule has 0 spiro atoms. The number of nitrogens with one attached hydrogen (secondary N) is 1. The molecule has 2 atom stereocenters. The van der Waals surface area contributed by atoms with Gasteiger partial charge in [0.1, 0.15) is 10.0 Å². The summed E-state index contributed by atoms with van der Waals surface area (Å²) in [4.78, 5) is 0. The van der Waals surface area contributed by atoms with Crippen molar-refractivity contribution in [2.75, 3.05) is 11.5 Å². The van der Waals surface area contributed by atoms with Gasteiger partial charge in [0.25, 0.3) is 0 Å². The van der Waals surface area contributed by atoms with E-state index < -0.39 is 42.5 Å². The van der Waals surface area contributed by atoms with E-state index in [9.17, 15) is 21.2 Å². The summed E-state index contributed by atoms with van der Waals surface area (Å²) in [6.45, 7) is 0.0727. The van der Waals surface area contributed by atoms with Crippen LogP contribution in [0.4, 0.5) is 4.39 Å². The zero-order valence-electron chi connectivity index (χ0n) is 12.6. The molecule has 1 N–H and O–H groups in total. The summed E-state index contributed by atoms with van der Waals surface area (Å²) in [5, 5.41) is 3.49. The Morgan fingerprint density at radius 3 is 2.58 bits per heavy atom. The van der Waals surface area contributed by atoms with E-state index in [4.69, 9.17) is 0 Å². The number of hydrogen-bond donors (Lipinski definition) is 1. The second-order valence-electron chi connectivity index (χ2n) is 5.67. The van der Waals surface area contributed by atoms with E-state index in [1.165, 1.54) is 12.1 Å². The van der Waals surface area contributed by atoms with Crippen molar-refractivity contribution in [3.8, 4) is 0 Å². The minimum absolute atomic E-state index is 0.0727. The quantitative estimate of drug-likeness (QED) is 0.841. The maximum absolute atomic E-state index is 13.7. The third kappa shape index (κ3) is 3.53. The SMILES string of the molecule is O=S1(=O)C[C@H](NCc2ccccc2F)[C@@H](S(=O)(=O)c2cccs2)C1. The number of hydrogen-bond acceptors (Lipinski definition) is 6. The van der Waals surface area contributed by atoms with Crippen LogP contribution < -0.4 is 5.32 Å². The number of sulfone groups is 2. The van der Waals surface area contributed by atoms with Gasteiger partial charge in [0, 0.05) is 18.2 Å². The molecule has 24 heavy (non-hydrogen) atoms. The van der Waals surface area contributed by atoms with Crippen molar-refractivity contribution >= 4 is 31.0 Å². The highest BCUT2D eigenvalue weighted by Crippen LogP contribution is 2.28. The van der Waals surface area contributed by atoms with Crippen molar-refractivity contribution in [2.45, 2.75) is 22.0 Å². The van der Waals surface area contributed by atoms with E-state index in [1.807, 2.05) is 0 Å². The van der Waals surface area contributed by atoms with Gasteiger partial charge in [-0.25, -0.2) is 21.2 Å². The van der Waals surface area contributed by atoms with Crippen molar-refractivity contribution in [3.63, 3.8) is 0 Å². The lowest BCUT2D eigenvalue weighted by atomic mass is 10.2. The van der Waals surface area contributed by atoms with E-state index in [0.717, 1.165) is 11.3 Å². The fourth-order valence-corrected chi connectivity index (χ4v) is 8.71. The Labute approximate surface area is 144 Å². The van der Waals surface area contributed by atoms with Crippen LogP contribution in [-0.2, 0) is 26.2 Å². The number of benzene rings is 1. The van der Waals surface area contributed by atoms with Crippen LogP contribution in [0.2, 0.25) is 0 Å². The second-order valence-corrected chi connectivity index (χ2v) is 11.2. The first-order chi connectivity index (χ1) is 11.3. The van der Waals surface area contributed by atoms with Crippen molar-refractivity contribution in [2.24, 2.45) is 0 Å². The van der Waals surface area contributed by atoms with Crippen molar-refractivity contribution in [1.29, 1.82) is 0 Å². The van der Waals surface area contributed by atoms with Gasteiger partial charge in [-0.1, -0.05) is 24.3 Å². The molecule has 1 saturated heterocycles. The minimum atomic E-state index is -3.75. The van der Waals surface area contributed by atoms with E-state index in [0.29, 0.717) is 5.56 Å². The van der Waals surface area contributed by atoms with Gasteiger partial charge in [0.2, 0.25) is 0 Å². The summed E-state index contributed by atoms with van der Waals surface area (Å²) in [6, 6.07) is 8.44. The predicted molar refractivity (Wildman–Crippen MR) is 91.0 cm³/mol. The van der Waals surface area contributed by atoms with Crippen molar-refractivity contribution < 1.29 is 21.2 Å². The molecule has 0 amide bonds. The van der Waals surface area contributed by atoms with Crippen molar-refractivity contribution in [3.05, 3.63) is 53.2 Å². The van der Waals surface area contributed by atoms with E-state index in [2.05, 4.69) is 5.32 Å². The molecule has 0 unspecified atom stereocenters. The van der Waals surface area contributed by atoms with E-state index in [1.54, 1.807) is 29.6 Å². The Bertz CT molecular complexity index is 923. The first kappa shape index (κ1) is 17.5. The second kappa shape index (κ2) is 6.55. The lowest BCUT2D eigenvalue weighted by Crippen LogP contribution is -2.42. The highest BCUT2D eigenvalue weighted by atomic mass is 32.2. The van der Waals surface area contributed by atoms with Gasteiger partial charge in [-0.2, -0.15) is 0 Å². The summed E-state index contributed by atoms with van der Waals surface area (Å²) in [5.41, 5.74) is 0.370. The molecule has 1 fully saturated rings. The minimum Gasteiger partial charge on any atom is -0.307 e. The van der Waals surface area contributed by atoms with Crippen LogP contribution in [0.3, 0.4) is 0 Å². The highest BCUT2D eigenvalue weighted by Gasteiger charge is 2.45. The largest absolute Gasteiger partial charge is 0.307 e. The fraction of sp³-hybridized carbons (Fsp3) is 0.333. The number of halogens is 1. The van der Waals surface area contributed by atoms with Gasteiger partial charge >= 0.3 is 0 Å². The van der Waals surface area contributed by atoms with Crippen LogP contribution >= 0.6 is 11.3 Å². The Morgan fingerprint density at radius 1 is 1.17 bits per heavy atom. The van der Waals surface area contributed by atoms with Gasteiger partial charge < -0.3 is 5.32 Å². The molecule has 0 bridgehead atoms. The summed E-state index contributed by atoms with van der Waals surface area (Å²) in [6.07, 6.45) is 0. The predicted octanol–water partition coefficient (Wildman–Crippen LogP) is 1.62. The standard InChI is InChI=1S/C15H16FNO4S3/c16-12-5-2-1-4-11(12)8-17-13-9-23(18,19)10-14(13)24(20,21)15-6-3-7-22-15/h1-7,13-14,17H,8-10H2/t13-,14-/m0/s1. The molecule has 1 aromatic carbocycles. The van der Waals surface area contributed by atoms with Gasteiger partial charge in [-0.05, 0) is 17.5 Å². The monoisotopic (exact) mass is 389 g/mol. The maximum Gasteiger partial charge on any atom is 0.193 e. The molecular formula is C15H16FNO4S3. The van der Waals surface area contributed by atoms with E-state index >= 15 is 0 Å². The Hall–Kier alpha value is -1.29. The summed E-state index contributed by atoms with van der Waals surface area (Å²) < 4.78 is 63.2. The van der Waals surface area contributed by atoms with Crippen LogP contribution in [-0.4, -0.2) is 39.6 Å². The summed E-state index contributed by atoms with van der Waals surface area (Å²) in [5.74, 6) is -1.10. The van der Waals surface area contributed by atoms with Crippen LogP contribution in [0.1, 0.15) is 5.56 Å². The molecule has 130 valence electrons. The molecule has 5 nitrogen and oxygen atoms in total. The Morgan fingerprint density at radius 2 is 1.92 bits per heavy atom. The average molecular weight is 389 g/mol. The molecule has 1 aliphatic heterocycles. The Kier molecular flexibility index (Phi) is 4.78. The first-order valence-corrected chi connectivity index (χ1v) is 11.5. The lowest BCUT2D eigenvalue weighted by Gasteiger charge is -2.19. The number of rotatable bonds is 5. The third-order valence-electron chi connectivity index (χ3n) is 3.99. The number of thiophene rings is 1. The molecule has 2 heterocycles. The smallest absolute Gasteiger partial charge is 0.193 e. The van der Waals surface area contributed by atoms with Crippen LogP contribution in [0, 0.1) is 5.82 Å². The van der Waals surface area contributed by atoms with Gasteiger partial charge in [0.05, 0.1) is 16.8 Å². The first-order valence-electron chi connectivity index (χ1n) is 7.24.